The van der Waals surface area contributed by atoms with Crippen LogP contribution in [0, 0.1) is 17.1 Å². The molecule has 3 aliphatic rings. The number of pyridine rings is 1. The summed E-state index contributed by atoms with van der Waals surface area (Å²) in [5.74, 6) is 1.05. The second-order valence-corrected chi connectivity index (χ2v) is 11.7. The van der Waals surface area contributed by atoms with Crippen LogP contribution >= 0.6 is 0 Å². The van der Waals surface area contributed by atoms with Gasteiger partial charge in [-0.05, 0) is 49.6 Å². The quantitative estimate of drug-likeness (QED) is 0.276. The Kier molecular flexibility index (Phi) is 7.73. The van der Waals surface area contributed by atoms with Gasteiger partial charge in [0.15, 0.2) is 0 Å². The summed E-state index contributed by atoms with van der Waals surface area (Å²) >= 11 is 0. The molecule has 1 saturated carbocycles. The number of anilines is 1. The zero-order valence-electron chi connectivity index (χ0n) is 24.9. The number of nitriles is 1. The number of fused-ring (bicyclic) bond motifs is 2. The van der Waals surface area contributed by atoms with Gasteiger partial charge in [0.1, 0.15) is 35.3 Å². The summed E-state index contributed by atoms with van der Waals surface area (Å²) in [4.78, 5) is 26.4. The molecule has 1 aliphatic carbocycles. The lowest BCUT2D eigenvalue weighted by molar-refractivity contribution is -0.0594. The first kappa shape index (κ1) is 29.0. The maximum atomic E-state index is 14.4. The van der Waals surface area contributed by atoms with Gasteiger partial charge in [-0.15, -0.1) is 0 Å². The third-order valence-corrected chi connectivity index (χ3v) is 9.15. The third kappa shape index (κ3) is 5.54. The highest BCUT2D eigenvalue weighted by Crippen LogP contribution is 2.38. The monoisotopic (exact) mass is 612 g/mol. The van der Waals surface area contributed by atoms with Crippen LogP contribution in [0.4, 0.5) is 10.2 Å². The van der Waals surface area contributed by atoms with E-state index in [0.29, 0.717) is 41.8 Å². The number of piperazine rings is 1. The standard InChI is InChI=1S/C33H33FN6O5/c1-43-28-15-22(33(41)42)14-27-32(28)37-30(40(27)17-23-9-12-44-23)18-38-10-11-39(26-8-7-25(26)38)29-3-2-4-31(36-29)45-19-21-6-5-20(16-35)13-24(21)34/h2-6,13-15,23,25-26H,7-12,17-19H2,1H3,(H,41,42)/t23-,25-,26-/m0/s1. The SMILES string of the molecule is COc1cc(C(=O)O)cc2c1nc(CN1CCN(c3cccc(OCc4ccc(C#N)cc4F)n3)[C@H]3CC[C@@H]31)n2C[C@@H]1CCO1. The highest BCUT2D eigenvalue weighted by molar-refractivity contribution is 5.95. The number of benzene rings is 2. The summed E-state index contributed by atoms with van der Waals surface area (Å²) in [6.07, 6.45) is 3.11. The number of methoxy groups -OCH3 is 1. The van der Waals surface area contributed by atoms with Crippen molar-refractivity contribution in [2.24, 2.45) is 0 Å². The van der Waals surface area contributed by atoms with E-state index < -0.39 is 11.8 Å². The van der Waals surface area contributed by atoms with Crippen molar-refractivity contribution >= 4 is 22.8 Å². The van der Waals surface area contributed by atoms with Crippen molar-refractivity contribution in [3.05, 3.63) is 76.9 Å². The number of carboxylic acids is 1. The van der Waals surface area contributed by atoms with Gasteiger partial charge < -0.3 is 28.8 Å². The van der Waals surface area contributed by atoms with Gasteiger partial charge in [0.25, 0.3) is 0 Å². The number of hydrogen-bond acceptors (Lipinski definition) is 9. The van der Waals surface area contributed by atoms with Gasteiger partial charge in [0.2, 0.25) is 5.88 Å². The van der Waals surface area contributed by atoms with E-state index in [-0.39, 0.29) is 29.9 Å². The molecule has 7 rings (SSSR count). The summed E-state index contributed by atoms with van der Waals surface area (Å²) in [6.45, 7) is 3.53. The molecule has 0 bridgehead atoms. The molecule has 0 unspecified atom stereocenters. The zero-order chi connectivity index (χ0) is 31.1. The normalized spacial score (nSPS) is 21.0. The number of ether oxygens (including phenoxy) is 3. The van der Waals surface area contributed by atoms with Gasteiger partial charge in [0.05, 0.1) is 49.0 Å². The van der Waals surface area contributed by atoms with E-state index in [1.165, 1.54) is 19.2 Å². The number of halogens is 1. The average Bonchev–Trinajstić information content (AvgIpc) is 3.35. The molecule has 45 heavy (non-hydrogen) atoms. The van der Waals surface area contributed by atoms with Crippen molar-refractivity contribution in [3.63, 3.8) is 0 Å². The van der Waals surface area contributed by atoms with Crippen LogP contribution < -0.4 is 14.4 Å². The highest BCUT2D eigenvalue weighted by atomic mass is 19.1. The molecule has 3 atom stereocenters. The number of aromatic nitrogens is 3. The second-order valence-electron chi connectivity index (χ2n) is 11.7. The Morgan fingerprint density at radius 3 is 2.67 bits per heavy atom. The van der Waals surface area contributed by atoms with E-state index in [9.17, 15) is 14.3 Å². The molecular weight excluding hydrogens is 579 g/mol. The van der Waals surface area contributed by atoms with E-state index in [1.807, 2.05) is 18.2 Å². The molecule has 0 amide bonds. The minimum atomic E-state index is -1.01. The summed E-state index contributed by atoms with van der Waals surface area (Å²) in [5.41, 5.74) is 2.18. The molecule has 232 valence electrons. The van der Waals surface area contributed by atoms with Crippen molar-refractivity contribution in [3.8, 4) is 17.7 Å². The molecule has 0 spiro atoms. The lowest BCUT2D eigenvalue weighted by atomic mass is 9.81. The van der Waals surface area contributed by atoms with Gasteiger partial charge in [-0.25, -0.2) is 14.2 Å². The summed E-state index contributed by atoms with van der Waals surface area (Å²) < 4.78 is 33.6. The highest BCUT2D eigenvalue weighted by Gasteiger charge is 2.44. The summed E-state index contributed by atoms with van der Waals surface area (Å²) in [6, 6.07) is 15.7. The first-order chi connectivity index (χ1) is 21.9. The topological polar surface area (TPSA) is 126 Å². The summed E-state index contributed by atoms with van der Waals surface area (Å²) in [5, 5.41) is 18.7. The van der Waals surface area contributed by atoms with Gasteiger partial charge in [0, 0.05) is 43.4 Å². The number of carbonyl (C=O) groups is 1. The predicted molar refractivity (Wildman–Crippen MR) is 162 cm³/mol. The first-order valence-corrected chi connectivity index (χ1v) is 15.1. The number of nitrogens with zero attached hydrogens (tertiary/aromatic N) is 6. The average molecular weight is 613 g/mol. The molecule has 11 nitrogen and oxygen atoms in total. The molecule has 0 radical (unpaired) electrons. The van der Waals surface area contributed by atoms with E-state index in [2.05, 4.69) is 14.4 Å². The number of imidazole rings is 1. The molecule has 12 heteroatoms. The zero-order valence-corrected chi connectivity index (χ0v) is 24.9. The smallest absolute Gasteiger partial charge is 0.335 e. The van der Waals surface area contributed by atoms with Crippen LogP contribution in [0.3, 0.4) is 0 Å². The number of rotatable bonds is 10. The van der Waals surface area contributed by atoms with Crippen molar-refractivity contribution in [2.45, 2.75) is 57.1 Å². The second kappa shape index (κ2) is 12.0. The molecule has 1 N–H and O–H groups in total. The number of hydrogen-bond donors (Lipinski definition) is 1. The third-order valence-electron chi connectivity index (χ3n) is 9.15. The summed E-state index contributed by atoms with van der Waals surface area (Å²) in [7, 11) is 1.53. The fourth-order valence-corrected chi connectivity index (χ4v) is 6.49. The fraction of sp³-hybridized carbons (Fsp3) is 0.394. The Labute approximate surface area is 259 Å². The van der Waals surface area contributed by atoms with E-state index in [4.69, 9.17) is 29.4 Å². The largest absolute Gasteiger partial charge is 0.494 e. The van der Waals surface area contributed by atoms with Crippen molar-refractivity contribution < 1.29 is 28.5 Å². The van der Waals surface area contributed by atoms with Crippen molar-refractivity contribution in [2.75, 3.05) is 31.7 Å². The molecule has 4 aromatic rings. The van der Waals surface area contributed by atoms with Crippen LogP contribution in [-0.4, -0.2) is 75.5 Å². The van der Waals surface area contributed by atoms with Crippen molar-refractivity contribution in [1.82, 2.24) is 19.4 Å². The molecule has 2 aromatic carbocycles. The minimum Gasteiger partial charge on any atom is -0.494 e. The number of aromatic carboxylic acids is 1. The Balaban J connectivity index is 1.09. The maximum absolute atomic E-state index is 14.4. The lowest BCUT2D eigenvalue weighted by Crippen LogP contribution is -2.64. The first-order valence-electron chi connectivity index (χ1n) is 15.1. The van der Waals surface area contributed by atoms with E-state index in [1.54, 1.807) is 24.3 Å². The van der Waals surface area contributed by atoms with Crippen LogP contribution in [0.5, 0.6) is 11.6 Å². The molecule has 3 fully saturated rings. The van der Waals surface area contributed by atoms with Gasteiger partial charge in [-0.3, -0.25) is 4.90 Å². The molecular formula is C33H33FN6O5. The van der Waals surface area contributed by atoms with Gasteiger partial charge >= 0.3 is 5.97 Å². The van der Waals surface area contributed by atoms with Crippen molar-refractivity contribution in [1.29, 1.82) is 5.26 Å². The van der Waals surface area contributed by atoms with Crippen LogP contribution in [0.25, 0.3) is 11.0 Å². The van der Waals surface area contributed by atoms with E-state index >= 15 is 0 Å². The van der Waals surface area contributed by atoms with Crippen LogP contribution in [0.1, 0.15) is 46.6 Å². The lowest BCUT2D eigenvalue weighted by Gasteiger charge is -2.54. The minimum absolute atomic E-state index is 0.0134. The Morgan fingerprint density at radius 1 is 1.13 bits per heavy atom. The Morgan fingerprint density at radius 2 is 1.98 bits per heavy atom. The Hall–Kier alpha value is -4.73. The van der Waals surface area contributed by atoms with Crippen LogP contribution in [-0.2, 0) is 24.4 Å². The number of carboxylic acid groups (broad SMARTS) is 1. The van der Waals surface area contributed by atoms with Gasteiger partial charge in [-0.1, -0.05) is 12.1 Å². The predicted octanol–water partition coefficient (Wildman–Crippen LogP) is 4.37. The maximum Gasteiger partial charge on any atom is 0.335 e. The van der Waals surface area contributed by atoms with Gasteiger partial charge in [-0.2, -0.15) is 10.2 Å². The van der Waals surface area contributed by atoms with E-state index in [0.717, 1.165) is 56.1 Å². The fourth-order valence-electron chi connectivity index (χ4n) is 6.49. The molecule has 2 aliphatic heterocycles. The Bertz CT molecular complexity index is 1800. The molecule has 2 aromatic heterocycles. The van der Waals surface area contributed by atoms with Crippen LogP contribution in [0.2, 0.25) is 0 Å². The molecule has 2 saturated heterocycles. The van der Waals surface area contributed by atoms with Crippen LogP contribution in [0.15, 0.2) is 48.5 Å². The molecule has 4 heterocycles.